The van der Waals surface area contributed by atoms with Gasteiger partial charge in [-0.25, -0.2) is 9.78 Å². The topological polar surface area (TPSA) is 66.0 Å². The second-order valence-corrected chi connectivity index (χ2v) is 3.92. The number of aromatic carboxylic acids is 1. The molecule has 2 N–H and O–H groups in total. The number of nitrogens with zero attached hydrogens (tertiary/aromatic N) is 1. The molecule has 0 unspecified atom stereocenters. The first-order valence-electron chi connectivity index (χ1n) is 3.66. The summed E-state index contributed by atoms with van der Waals surface area (Å²) in [7, 11) is 0. The number of carboxylic acid groups (broad SMARTS) is 1. The molecule has 0 aliphatic carbocycles. The van der Waals surface area contributed by atoms with Crippen LogP contribution in [0.4, 0.5) is 0 Å². The van der Waals surface area contributed by atoms with Crippen LogP contribution in [-0.2, 0) is 0 Å². The average molecular weight is 275 g/mol. The summed E-state index contributed by atoms with van der Waals surface area (Å²) in [6.07, 6.45) is 1.68. The maximum Gasteiger partial charge on any atom is 0.356 e. The van der Waals surface area contributed by atoms with Crippen molar-refractivity contribution in [2.45, 2.75) is 0 Å². The number of hydrogen-bond donors (Lipinski definition) is 2. The molecule has 2 heterocycles. The van der Waals surface area contributed by atoms with Crippen LogP contribution in [0.25, 0.3) is 11.0 Å². The minimum absolute atomic E-state index is 0.130. The molecule has 0 spiro atoms. The van der Waals surface area contributed by atoms with Crippen molar-refractivity contribution in [1.29, 1.82) is 0 Å². The normalized spacial score (nSPS) is 10.7. The Bertz CT molecular complexity index is 523. The number of carbonyl (C=O) groups is 1. The van der Waals surface area contributed by atoms with Crippen molar-refractivity contribution in [2.75, 3.05) is 0 Å². The van der Waals surface area contributed by atoms with Crippen molar-refractivity contribution in [3.05, 3.63) is 27.5 Å². The molecular formula is C8H4BrClN2O2. The van der Waals surface area contributed by atoms with Crippen molar-refractivity contribution in [3.8, 4) is 0 Å². The van der Waals surface area contributed by atoms with Gasteiger partial charge in [0, 0.05) is 16.1 Å². The van der Waals surface area contributed by atoms with E-state index in [1.807, 2.05) is 0 Å². The zero-order valence-corrected chi connectivity index (χ0v) is 9.06. The molecule has 0 aliphatic rings. The SMILES string of the molecule is O=C(O)c1nc2[nH]cc(Br)c2cc1Cl. The number of pyridine rings is 1. The quantitative estimate of drug-likeness (QED) is 0.841. The van der Waals surface area contributed by atoms with Gasteiger partial charge in [0.1, 0.15) is 5.65 Å². The Balaban J connectivity index is 2.79. The second kappa shape index (κ2) is 3.25. The van der Waals surface area contributed by atoms with Gasteiger partial charge in [0.05, 0.1) is 5.02 Å². The van der Waals surface area contributed by atoms with E-state index in [1.54, 1.807) is 12.3 Å². The molecule has 0 fully saturated rings. The third kappa shape index (κ3) is 1.38. The number of halogens is 2. The first-order chi connectivity index (χ1) is 6.59. The molecule has 0 radical (unpaired) electrons. The van der Waals surface area contributed by atoms with Crippen LogP contribution in [0.5, 0.6) is 0 Å². The van der Waals surface area contributed by atoms with Crippen LogP contribution in [0.15, 0.2) is 16.7 Å². The summed E-state index contributed by atoms with van der Waals surface area (Å²) in [5, 5.41) is 9.65. The molecule has 14 heavy (non-hydrogen) atoms. The van der Waals surface area contributed by atoms with Gasteiger partial charge in [-0.3, -0.25) is 0 Å². The van der Waals surface area contributed by atoms with Crippen molar-refractivity contribution in [1.82, 2.24) is 9.97 Å². The van der Waals surface area contributed by atoms with Gasteiger partial charge in [-0.05, 0) is 22.0 Å². The number of hydrogen-bond acceptors (Lipinski definition) is 2. The Hall–Kier alpha value is -1.07. The van der Waals surface area contributed by atoms with E-state index in [1.165, 1.54) is 0 Å². The van der Waals surface area contributed by atoms with E-state index < -0.39 is 5.97 Å². The highest BCUT2D eigenvalue weighted by molar-refractivity contribution is 9.10. The van der Waals surface area contributed by atoms with Crippen LogP contribution < -0.4 is 0 Å². The summed E-state index contributed by atoms with van der Waals surface area (Å²) in [6.45, 7) is 0. The maximum absolute atomic E-state index is 10.7. The zero-order chi connectivity index (χ0) is 10.3. The number of nitrogens with one attached hydrogen (secondary N) is 1. The van der Waals surface area contributed by atoms with E-state index in [-0.39, 0.29) is 10.7 Å². The third-order valence-electron chi connectivity index (χ3n) is 1.77. The Morgan fingerprint density at radius 2 is 2.36 bits per heavy atom. The standard InChI is InChI=1S/C8H4BrClN2O2/c9-4-2-11-7-3(4)1-5(10)6(12-7)8(13)14/h1-2H,(H,11,12)(H,13,14). The van der Waals surface area contributed by atoms with Crippen LogP contribution in [0.3, 0.4) is 0 Å². The number of aromatic nitrogens is 2. The van der Waals surface area contributed by atoms with Crippen molar-refractivity contribution in [3.63, 3.8) is 0 Å². The molecule has 0 aliphatic heterocycles. The predicted molar refractivity (Wildman–Crippen MR) is 55.8 cm³/mol. The Morgan fingerprint density at radius 3 is 3.00 bits per heavy atom. The monoisotopic (exact) mass is 274 g/mol. The molecular weight excluding hydrogens is 271 g/mol. The fourth-order valence-corrected chi connectivity index (χ4v) is 1.79. The van der Waals surface area contributed by atoms with Crippen molar-refractivity contribution < 1.29 is 9.90 Å². The van der Waals surface area contributed by atoms with Crippen LogP contribution in [0, 0.1) is 0 Å². The predicted octanol–water partition coefficient (Wildman–Crippen LogP) is 2.68. The minimum atomic E-state index is -1.14. The van der Waals surface area contributed by atoms with Crippen molar-refractivity contribution >= 4 is 44.5 Å². The van der Waals surface area contributed by atoms with E-state index >= 15 is 0 Å². The lowest BCUT2D eigenvalue weighted by Gasteiger charge is -1.97. The highest BCUT2D eigenvalue weighted by Gasteiger charge is 2.13. The number of carboxylic acids is 1. The highest BCUT2D eigenvalue weighted by Crippen LogP contribution is 2.26. The van der Waals surface area contributed by atoms with Crippen LogP contribution >= 0.6 is 27.5 Å². The minimum Gasteiger partial charge on any atom is -0.476 e. The summed E-state index contributed by atoms with van der Waals surface area (Å²) < 4.78 is 0.804. The highest BCUT2D eigenvalue weighted by atomic mass is 79.9. The summed E-state index contributed by atoms with van der Waals surface area (Å²) >= 11 is 9.03. The molecule has 0 bridgehead atoms. The molecule has 72 valence electrons. The molecule has 2 aromatic rings. The number of H-pyrrole nitrogens is 1. The molecule has 0 atom stereocenters. The van der Waals surface area contributed by atoms with E-state index in [0.717, 1.165) is 9.86 Å². The zero-order valence-electron chi connectivity index (χ0n) is 6.71. The van der Waals surface area contributed by atoms with Crippen LogP contribution in [0.2, 0.25) is 5.02 Å². The first kappa shape index (κ1) is 9.48. The fourth-order valence-electron chi connectivity index (χ4n) is 1.14. The fraction of sp³-hybridized carbons (Fsp3) is 0. The molecule has 0 saturated carbocycles. The summed E-state index contributed by atoms with van der Waals surface area (Å²) in [5.74, 6) is -1.14. The molecule has 0 aromatic carbocycles. The van der Waals surface area contributed by atoms with Gasteiger partial charge in [-0.2, -0.15) is 0 Å². The lowest BCUT2D eigenvalue weighted by Crippen LogP contribution is -2.01. The lowest BCUT2D eigenvalue weighted by atomic mass is 10.3. The Labute approximate surface area is 92.0 Å². The smallest absolute Gasteiger partial charge is 0.356 e. The molecule has 2 rings (SSSR count). The number of fused-ring (bicyclic) bond motifs is 1. The molecule has 0 amide bonds. The van der Waals surface area contributed by atoms with E-state index in [0.29, 0.717) is 5.65 Å². The third-order valence-corrected chi connectivity index (χ3v) is 2.72. The second-order valence-electron chi connectivity index (χ2n) is 2.66. The summed E-state index contributed by atoms with van der Waals surface area (Å²) in [6, 6.07) is 1.56. The van der Waals surface area contributed by atoms with Crippen LogP contribution in [0.1, 0.15) is 10.5 Å². The number of rotatable bonds is 1. The van der Waals surface area contributed by atoms with Gasteiger partial charge in [0.2, 0.25) is 0 Å². The van der Waals surface area contributed by atoms with Gasteiger partial charge in [-0.1, -0.05) is 11.6 Å². The van der Waals surface area contributed by atoms with Gasteiger partial charge in [-0.15, -0.1) is 0 Å². The van der Waals surface area contributed by atoms with E-state index in [9.17, 15) is 4.79 Å². The van der Waals surface area contributed by atoms with Crippen LogP contribution in [-0.4, -0.2) is 21.0 Å². The van der Waals surface area contributed by atoms with Gasteiger partial charge in [0.25, 0.3) is 0 Å². The molecule has 6 heteroatoms. The summed E-state index contributed by atoms with van der Waals surface area (Å²) in [5.41, 5.74) is 0.354. The van der Waals surface area contributed by atoms with Gasteiger partial charge < -0.3 is 10.1 Å². The van der Waals surface area contributed by atoms with Crippen molar-refractivity contribution in [2.24, 2.45) is 0 Å². The lowest BCUT2D eigenvalue weighted by molar-refractivity contribution is 0.0691. The van der Waals surface area contributed by atoms with Gasteiger partial charge in [0.15, 0.2) is 5.69 Å². The molecule has 0 saturated heterocycles. The first-order valence-corrected chi connectivity index (χ1v) is 4.83. The molecule has 4 nitrogen and oxygen atoms in total. The Kier molecular flexibility index (Phi) is 2.20. The summed E-state index contributed by atoms with van der Waals surface area (Å²) in [4.78, 5) is 17.4. The van der Waals surface area contributed by atoms with E-state index in [2.05, 4.69) is 25.9 Å². The number of aromatic amines is 1. The molecule has 2 aromatic heterocycles. The largest absolute Gasteiger partial charge is 0.476 e. The Morgan fingerprint density at radius 1 is 1.64 bits per heavy atom. The van der Waals surface area contributed by atoms with Gasteiger partial charge >= 0.3 is 5.97 Å². The average Bonchev–Trinajstić information content (AvgIpc) is 2.46. The maximum atomic E-state index is 10.7. The van der Waals surface area contributed by atoms with E-state index in [4.69, 9.17) is 16.7 Å².